The third kappa shape index (κ3) is 2.41. The van der Waals surface area contributed by atoms with Crippen molar-refractivity contribution >= 4 is 5.97 Å². The van der Waals surface area contributed by atoms with E-state index in [1.165, 1.54) is 0 Å². The molecule has 0 aliphatic rings. The van der Waals surface area contributed by atoms with Gasteiger partial charge in [-0.3, -0.25) is 9.48 Å². The maximum absolute atomic E-state index is 11.3. The molecule has 90 valence electrons. The van der Waals surface area contributed by atoms with Crippen LogP contribution in [0.5, 0.6) is 0 Å². The number of hydrogen-bond donors (Lipinski definition) is 2. The second-order valence-electron chi connectivity index (χ2n) is 4.02. The van der Waals surface area contributed by atoms with Crippen LogP contribution in [0.15, 0.2) is 12.4 Å². The van der Waals surface area contributed by atoms with Crippen LogP contribution in [-0.4, -0.2) is 27.4 Å². The predicted molar refractivity (Wildman–Crippen MR) is 61.0 cm³/mol. The van der Waals surface area contributed by atoms with E-state index in [1.54, 1.807) is 10.9 Å². The van der Waals surface area contributed by atoms with Gasteiger partial charge in [-0.1, -0.05) is 6.92 Å². The Labute approximate surface area is 95.3 Å². The Bertz CT molecular complexity index is 356. The first kappa shape index (κ1) is 12.7. The summed E-state index contributed by atoms with van der Waals surface area (Å²) in [5.74, 6) is -0.832. The zero-order valence-electron chi connectivity index (χ0n) is 9.81. The molecular formula is C11H19N3O2. The highest BCUT2D eigenvalue weighted by Crippen LogP contribution is 2.26. The molecule has 0 saturated carbocycles. The lowest BCUT2D eigenvalue weighted by Crippen LogP contribution is -2.40. The van der Waals surface area contributed by atoms with Gasteiger partial charge in [0.25, 0.3) is 0 Å². The summed E-state index contributed by atoms with van der Waals surface area (Å²) in [6, 6.07) is 0. The summed E-state index contributed by atoms with van der Waals surface area (Å²) in [5.41, 5.74) is 5.67. The van der Waals surface area contributed by atoms with Gasteiger partial charge in [0, 0.05) is 19.3 Å². The molecule has 0 amide bonds. The smallest absolute Gasteiger partial charge is 0.311 e. The van der Waals surface area contributed by atoms with Gasteiger partial charge in [0.1, 0.15) is 0 Å². The molecule has 0 aliphatic heterocycles. The van der Waals surface area contributed by atoms with Gasteiger partial charge in [0.05, 0.1) is 11.6 Å². The van der Waals surface area contributed by atoms with Crippen molar-refractivity contribution in [2.45, 2.75) is 33.2 Å². The summed E-state index contributed by atoms with van der Waals surface area (Å²) in [6.45, 7) is 4.78. The molecule has 0 saturated heterocycles. The third-order valence-electron chi connectivity index (χ3n) is 3.07. The molecule has 1 heterocycles. The van der Waals surface area contributed by atoms with E-state index in [0.717, 1.165) is 12.1 Å². The molecule has 0 spiro atoms. The molecule has 1 rings (SSSR count). The minimum atomic E-state index is -0.860. The van der Waals surface area contributed by atoms with E-state index >= 15 is 0 Å². The average Bonchev–Trinajstić information content (AvgIpc) is 2.73. The summed E-state index contributed by atoms with van der Waals surface area (Å²) in [5, 5.41) is 13.4. The first-order valence-corrected chi connectivity index (χ1v) is 5.52. The number of aliphatic carboxylic acids is 1. The molecule has 0 aliphatic carbocycles. The lowest BCUT2D eigenvalue weighted by atomic mass is 9.80. The Kier molecular flexibility index (Phi) is 4.06. The van der Waals surface area contributed by atoms with E-state index in [0.29, 0.717) is 12.8 Å². The lowest BCUT2D eigenvalue weighted by molar-refractivity contribution is -0.148. The molecule has 0 aromatic carbocycles. The minimum Gasteiger partial charge on any atom is -0.481 e. The van der Waals surface area contributed by atoms with Crippen molar-refractivity contribution < 1.29 is 9.90 Å². The summed E-state index contributed by atoms with van der Waals surface area (Å²) < 4.78 is 1.79. The van der Waals surface area contributed by atoms with Crippen LogP contribution in [0.25, 0.3) is 0 Å². The molecule has 16 heavy (non-hydrogen) atoms. The van der Waals surface area contributed by atoms with Crippen LogP contribution >= 0.6 is 0 Å². The number of nitrogens with zero attached hydrogens (tertiary/aromatic N) is 2. The van der Waals surface area contributed by atoms with E-state index in [2.05, 4.69) is 5.10 Å². The van der Waals surface area contributed by atoms with E-state index < -0.39 is 11.4 Å². The summed E-state index contributed by atoms with van der Waals surface area (Å²) >= 11 is 0. The van der Waals surface area contributed by atoms with Crippen molar-refractivity contribution in [2.75, 3.05) is 6.54 Å². The van der Waals surface area contributed by atoms with Crippen LogP contribution in [0.3, 0.4) is 0 Å². The number of carbonyl (C=O) groups is 1. The summed E-state index contributed by atoms with van der Waals surface area (Å²) in [4.78, 5) is 11.3. The van der Waals surface area contributed by atoms with Crippen molar-refractivity contribution in [3.05, 3.63) is 18.0 Å². The molecule has 5 nitrogen and oxygen atoms in total. The van der Waals surface area contributed by atoms with E-state index in [1.807, 2.05) is 20.0 Å². The molecule has 0 radical (unpaired) electrons. The number of carboxylic acids is 1. The first-order chi connectivity index (χ1) is 7.57. The first-order valence-electron chi connectivity index (χ1n) is 5.52. The molecule has 1 unspecified atom stereocenters. The Morgan fingerprint density at radius 3 is 2.69 bits per heavy atom. The fourth-order valence-corrected chi connectivity index (χ4v) is 1.72. The number of rotatable bonds is 6. The Hall–Kier alpha value is -1.36. The number of nitrogens with two attached hydrogens (primary N) is 1. The largest absolute Gasteiger partial charge is 0.481 e. The molecular weight excluding hydrogens is 206 g/mol. The van der Waals surface area contributed by atoms with Crippen LogP contribution < -0.4 is 5.73 Å². The minimum absolute atomic E-state index is 0.149. The highest BCUT2D eigenvalue weighted by atomic mass is 16.4. The SMILES string of the molecule is CCn1cc(CC(CC)(CN)C(=O)O)cn1. The molecule has 0 bridgehead atoms. The molecule has 0 fully saturated rings. The maximum Gasteiger partial charge on any atom is 0.311 e. The van der Waals surface area contributed by atoms with Crippen LogP contribution in [0.4, 0.5) is 0 Å². The van der Waals surface area contributed by atoms with E-state index in [-0.39, 0.29) is 6.54 Å². The Morgan fingerprint density at radius 1 is 1.62 bits per heavy atom. The van der Waals surface area contributed by atoms with Gasteiger partial charge in [-0.05, 0) is 25.3 Å². The van der Waals surface area contributed by atoms with E-state index in [4.69, 9.17) is 5.73 Å². The van der Waals surface area contributed by atoms with Crippen molar-refractivity contribution in [3.8, 4) is 0 Å². The van der Waals surface area contributed by atoms with Gasteiger partial charge in [-0.2, -0.15) is 5.10 Å². The fraction of sp³-hybridized carbons (Fsp3) is 0.636. The standard InChI is InChI=1S/C11H19N3O2/c1-3-11(8-12,10(15)16)5-9-6-13-14(4-2)7-9/h6-7H,3-5,8,12H2,1-2H3,(H,15,16). The van der Waals surface area contributed by atoms with Crippen molar-refractivity contribution in [3.63, 3.8) is 0 Å². The normalized spacial score (nSPS) is 14.7. The second-order valence-corrected chi connectivity index (χ2v) is 4.02. The second kappa shape index (κ2) is 5.12. The van der Waals surface area contributed by atoms with Crippen molar-refractivity contribution in [2.24, 2.45) is 11.1 Å². The quantitative estimate of drug-likeness (QED) is 0.753. The number of aromatic nitrogens is 2. The zero-order chi connectivity index (χ0) is 12.2. The van der Waals surface area contributed by atoms with Crippen LogP contribution in [0.2, 0.25) is 0 Å². The lowest BCUT2D eigenvalue weighted by Gasteiger charge is -2.25. The molecule has 1 aromatic heterocycles. The van der Waals surface area contributed by atoms with Crippen molar-refractivity contribution in [1.29, 1.82) is 0 Å². The fourth-order valence-electron chi connectivity index (χ4n) is 1.72. The molecule has 1 aromatic rings. The Morgan fingerprint density at radius 2 is 2.31 bits per heavy atom. The zero-order valence-corrected chi connectivity index (χ0v) is 9.81. The molecule has 3 N–H and O–H groups in total. The highest BCUT2D eigenvalue weighted by molar-refractivity contribution is 5.75. The molecule has 1 atom stereocenters. The van der Waals surface area contributed by atoms with Gasteiger partial charge in [0.15, 0.2) is 0 Å². The number of hydrogen-bond acceptors (Lipinski definition) is 3. The topological polar surface area (TPSA) is 81.1 Å². The summed E-state index contributed by atoms with van der Waals surface area (Å²) in [7, 11) is 0. The molecule has 5 heteroatoms. The Balaban J connectivity index is 2.87. The van der Waals surface area contributed by atoms with E-state index in [9.17, 15) is 9.90 Å². The van der Waals surface area contributed by atoms with Gasteiger partial charge in [-0.25, -0.2) is 0 Å². The van der Waals surface area contributed by atoms with Crippen molar-refractivity contribution in [1.82, 2.24) is 9.78 Å². The van der Waals surface area contributed by atoms with Gasteiger partial charge < -0.3 is 10.8 Å². The average molecular weight is 225 g/mol. The van der Waals surface area contributed by atoms with Gasteiger partial charge in [0.2, 0.25) is 0 Å². The third-order valence-corrected chi connectivity index (χ3v) is 3.07. The van der Waals surface area contributed by atoms with Gasteiger partial charge in [-0.15, -0.1) is 0 Å². The predicted octanol–water partition coefficient (Wildman–Crippen LogP) is 0.885. The van der Waals surface area contributed by atoms with Gasteiger partial charge >= 0.3 is 5.97 Å². The number of carboxylic acid groups (broad SMARTS) is 1. The van der Waals surface area contributed by atoms with Crippen LogP contribution in [0, 0.1) is 5.41 Å². The highest BCUT2D eigenvalue weighted by Gasteiger charge is 2.35. The number of aryl methyl sites for hydroxylation is 1. The maximum atomic E-state index is 11.3. The monoisotopic (exact) mass is 225 g/mol. The van der Waals surface area contributed by atoms with Crippen LogP contribution in [-0.2, 0) is 17.8 Å². The summed E-state index contributed by atoms with van der Waals surface area (Å²) in [6.07, 6.45) is 4.56. The van der Waals surface area contributed by atoms with Crippen LogP contribution in [0.1, 0.15) is 25.8 Å².